The minimum atomic E-state index is -0.708. The van der Waals surface area contributed by atoms with Gasteiger partial charge in [-0.3, -0.25) is 9.59 Å². The molecule has 6 heteroatoms. The minimum absolute atomic E-state index is 0.0438. The summed E-state index contributed by atoms with van der Waals surface area (Å²) in [6.45, 7) is 4.30. The van der Waals surface area contributed by atoms with E-state index in [2.05, 4.69) is 10.6 Å². The number of carbonyl (C=O) groups is 2. The molecule has 2 amide bonds. The van der Waals surface area contributed by atoms with E-state index < -0.39 is 5.41 Å². The van der Waals surface area contributed by atoms with Gasteiger partial charge < -0.3 is 16.4 Å². The van der Waals surface area contributed by atoms with E-state index in [-0.39, 0.29) is 29.3 Å². The van der Waals surface area contributed by atoms with E-state index in [0.717, 1.165) is 25.7 Å². The maximum Gasteiger partial charge on any atom is 0.233 e. The molecule has 1 rings (SSSR count). The second-order valence-electron chi connectivity index (χ2n) is 5.89. The number of nitrogens with two attached hydrogens (primary N) is 1. The van der Waals surface area contributed by atoms with Gasteiger partial charge in [0, 0.05) is 19.0 Å². The molecule has 5 nitrogen and oxygen atoms in total. The summed E-state index contributed by atoms with van der Waals surface area (Å²) >= 11 is 5.12. The molecule has 1 atom stereocenters. The quantitative estimate of drug-likeness (QED) is 0.624. The molecule has 0 aliphatic heterocycles. The van der Waals surface area contributed by atoms with Crippen molar-refractivity contribution in [3.05, 3.63) is 0 Å². The fourth-order valence-electron chi connectivity index (χ4n) is 2.65. The molecule has 0 spiro atoms. The van der Waals surface area contributed by atoms with E-state index in [9.17, 15) is 9.59 Å². The fraction of sp³-hybridized carbons (Fsp3) is 0.800. The lowest BCUT2D eigenvalue weighted by molar-refractivity contribution is -0.129. The largest absolute Gasteiger partial charge is 0.392 e. The van der Waals surface area contributed by atoms with Gasteiger partial charge in [-0.15, -0.1) is 0 Å². The van der Waals surface area contributed by atoms with Crippen LogP contribution in [0.3, 0.4) is 0 Å². The fourth-order valence-corrected chi connectivity index (χ4v) is 2.95. The molecule has 21 heavy (non-hydrogen) atoms. The van der Waals surface area contributed by atoms with Crippen molar-refractivity contribution in [1.29, 1.82) is 0 Å². The van der Waals surface area contributed by atoms with Crippen LogP contribution in [-0.2, 0) is 9.59 Å². The predicted molar refractivity (Wildman–Crippen MR) is 87.8 cm³/mol. The van der Waals surface area contributed by atoms with Crippen molar-refractivity contribution in [3.63, 3.8) is 0 Å². The van der Waals surface area contributed by atoms with Crippen LogP contribution in [0.25, 0.3) is 0 Å². The lowest BCUT2D eigenvalue weighted by Gasteiger charge is -2.34. The number of rotatable bonds is 7. The van der Waals surface area contributed by atoms with Crippen LogP contribution in [0.4, 0.5) is 0 Å². The van der Waals surface area contributed by atoms with Crippen LogP contribution in [0.15, 0.2) is 0 Å². The lowest BCUT2D eigenvalue weighted by Crippen LogP contribution is -2.50. The van der Waals surface area contributed by atoms with Crippen molar-refractivity contribution in [1.82, 2.24) is 10.6 Å². The topological polar surface area (TPSA) is 84.2 Å². The summed E-state index contributed by atoms with van der Waals surface area (Å²) < 4.78 is 0. The van der Waals surface area contributed by atoms with E-state index in [1.165, 1.54) is 0 Å². The first-order chi connectivity index (χ1) is 9.92. The summed E-state index contributed by atoms with van der Waals surface area (Å²) in [4.78, 5) is 24.4. The number of hydrogen-bond acceptors (Lipinski definition) is 3. The molecule has 1 aliphatic rings. The average molecular weight is 313 g/mol. The molecule has 0 bridgehead atoms. The Morgan fingerprint density at radius 1 is 1.29 bits per heavy atom. The van der Waals surface area contributed by atoms with Gasteiger partial charge >= 0.3 is 0 Å². The summed E-state index contributed by atoms with van der Waals surface area (Å²) in [7, 11) is 0. The summed E-state index contributed by atoms with van der Waals surface area (Å²) in [5, 5.41) is 5.70. The molecule has 0 heterocycles. The smallest absolute Gasteiger partial charge is 0.233 e. The number of nitrogens with one attached hydrogen (secondary N) is 2. The van der Waals surface area contributed by atoms with Gasteiger partial charge in [-0.25, -0.2) is 0 Å². The van der Waals surface area contributed by atoms with Crippen molar-refractivity contribution in [3.8, 4) is 0 Å². The first-order valence-electron chi connectivity index (χ1n) is 7.80. The molecule has 0 aromatic heterocycles. The van der Waals surface area contributed by atoms with Crippen LogP contribution < -0.4 is 16.4 Å². The first kappa shape index (κ1) is 17.9. The van der Waals surface area contributed by atoms with Crippen LogP contribution in [0, 0.1) is 5.41 Å². The summed E-state index contributed by atoms with van der Waals surface area (Å²) in [5.74, 6) is -0.163. The number of amides is 2. The Kier molecular flexibility index (Phi) is 7.08. The van der Waals surface area contributed by atoms with E-state index in [4.69, 9.17) is 18.0 Å². The zero-order valence-corrected chi connectivity index (χ0v) is 13.9. The molecule has 120 valence electrons. The summed E-state index contributed by atoms with van der Waals surface area (Å²) in [5.41, 5.74) is 5.10. The first-order valence-corrected chi connectivity index (χ1v) is 8.20. The van der Waals surface area contributed by atoms with Gasteiger partial charge in [-0.1, -0.05) is 38.4 Å². The van der Waals surface area contributed by atoms with Crippen molar-refractivity contribution in [2.75, 3.05) is 6.54 Å². The van der Waals surface area contributed by atoms with Crippen LogP contribution >= 0.6 is 12.2 Å². The van der Waals surface area contributed by atoms with Crippen molar-refractivity contribution < 1.29 is 9.59 Å². The highest BCUT2D eigenvalue weighted by Gasteiger charge is 2.42. The highest BCUT2D eigenvalue weighted by molar-refractivity contribution is 7.80. The van der Waals surface area contributed by atoms with Gasteiger partial charge in [0.15, 0.2) is 0 Å². The zero-order valence-electron chi connectivity index (χ0n) is 13.0. The van der Waals surface area contributed by atoms with Crippen LogP contribution in [0.1, 0.15) is 58.8 Å². The van der Waals surface area contributed by atoms with Gasteiger partial charge in [-0.2, -0.15) is 0 Å². The van der Waals surface area contributed by atoms with Gasteiger partial charge in [0.1, 0.15) is 0 Å². The third-order valence-corrected chi connectivity index (χ3v) is 4.66. The van der Waals surface area contributed by atoms with Gasteiger partial charge in [0.2, 0.25) is 11.8 Å². The Bertz CT molecular complexity index is 392. The highest BCUT2D eigenvalue weighted by Crippen LogP contribution is 2.36. The highest BCUT2D eigenvalue weighted by atomic mass is 32.1. The molecule has 4 N–H and O–H groups in total. The Hall–Kier alpha value is -1.17. The maximum absolute atomic E-state index is 12.4. The number of carbonyl (C=O) groups excluding carboxylic acids is 2. The molecular formula is C15H27N3O2S. The number of hydrogen-bond donors (Lipinski definition) is 3. The molecule has 1 fully saturated rings. The zero-order chi connectivity index (χ0) is 15.9. The van der Waals surface area contributed by atoms with Gasteiger partial charge in [-0.05, 0) is 26.2 Å². The third kappa shape index (κ3) is 4.95. The van der Waals surface area contributed by atoms with Crippen LogP contribution in [0.5, 0.6) is 0 Å². The van der Waals surface area contributed by atoms with Crippen LogP contribution in [0.2, 0.25) is 0 Å². The molecule has 1 aliphatic carbocycles. The van der Waals surface area contributed by atoms with E-state index >= 15 is 0 Å². The summed E-state index contributed by atoms with van der Waals surface area (Å²) in [6.07, 6.45) is 5.67. The summed E-state index contributed by atoms with van der Waals surface area (Å²) in [6, 6.07) is 0.162. The molecular weight excluding hydrogens is 286 g/mol. The lowest BCUT2D eigenvalue weighted by atomic mass is 9.73. The number of thiocarbonyl (C=S) groups is 1. The molecule has 0 radical (unpaired) electrons. The average Bonchev–Trinajstić information content (AvgIpc) is 2.47. The molecule has 1 unspecified atom stereocenters. The Balaban J connectivity index is 2.44. The SMILES string of the molecule is CCC(C)NC(=O)CCNC(=O)C1(C(N)=S)CCCCC1. The van der Waals surface area contributed by atoms with Gasteiger partial charge in [0.25, 0.3) is 0 Å². The second kappa shape index (κ2) is 8.32. The van der Waals surface area contributed by atoms with Crippen LogP contribution in [-0.4, -0.2) is 29.4 Å². The van der Waals surface area contributed by atoms with Crippen molar-refractivity contribution in [2.24, 2.45) is 11.1 Å². The normalized spacial score (nSPS) is 18.6. The van der Waals surface area contributed by atoms with E-state index in [1.54, 1.807) is 0 Å². The molecule has 0 saturated heterocycles. The third-order valence-electron chi connectivity index (χ3n) is 4.27. The Morgan fingerprint density at radius 3 is 2.43 bits per heavy atom. The Labute approximate surface area is 132 Å². The molecule has 1 saturated carbocycles. The second-order valence-corrected chi connectivity index (χ2v) is 6.33. The molecule has 0 aromatic carbocycles. The van der Waals surface area contributed by atoms with Crippen molar-refractivity contribution >= 4 is 29.0 Å². The van der Waals surface area contributed by atoms with E-state index in [0.29, 0.717) is 19.4 Å². The maximum atomic E-state index is 12.4. The minimum Gasteiger partial charge on any atom is -0.392 e. The Morgan fingerprint density at radius 2 is 1.90 bits per heavy atom. The molecule has 0 aromatic rings. The standard InChI is InChI=1S/C15H27N3O2S/c1-3-11(2)18-12(19)7-10-17-14(20)15(13(16)21)8-5-4-6-9-15/h11H,3-10H2,1-2H3,(H2,16,21)(H,17,20)(H,18,19). The predicted octanol–water partition coefficient (Wildman–Crippen LogP) is 1.64. The monoisotopic (exact) mass is 313 g/mol. The van der Waals surface area contributed by atoms with E-state index in [1.807, 2.05) is 13.8 Å². The van der Waals surface area contributed by atoms with Crippen molar-refractivity contribution in [2.45, 2.75) is 64.8 Å². The van der Waals surface area contributed by atoms with Gasteiger partial charge in [0.05, 0.1) is 10.4 Å².